The number of rotatable bonds is 3. The SMILES string of the molecule is CCOC(=O)Oc1cc(C2CC2)nc2onc(C)c12. The Balaban J connectivity index is 2.03. The summed E-state index contributed by atoms with van der Waals surface area (Å²) in [6.45, 7) is 3.77. The van der Waals surface area contributed by atoms with Gasteiger partial charge in [0.1, 0.15) is 5.39 Å². The minimum Gasteiger partial charge on any atom is -0.434 e. The molecule has 0 saturated heterocycles. The Hall–Kier alpha value is -2.11. The highest BCUT2D eigenvalue weighted by Crippen LogP contribution is 2.42. The highest BCUT2D eigenvalue weighted by Gasteiger charge is 2.28. The number of pyridine rings is 1. The van der Waals surface area contributed by atoms with Crippen LogP contribution in [-0.2, 0) is 4.74 Å². The van der Waals surface area contributed by atoms with Crippen LogP contribution in [0, 0.1) is 6.92 Å². The summed E-state index contributed by atoms with van der Waals surface area (Å²) in [5, 5.41) is 4.48. The summed E-state index contributed by atoms with van der Waals surface area (Å²) < 4.78 is 15.2. The van der Waals surface area contributed by atoms with Gasteiger partial charge in [0, 0.05) is 12.0 Å². The van der Waals surface area contributed by atoms with Gasteiger partial charge in [-0.3, -0.25) is 0 Å². The molecule has 1 fully saturated rings. The lowest BCUT2D eigenvalue weighted by molar-refractivity contribution is 0.105. The maximum absolute atomic E-state index is 11.5. The van der Waals surface area contributed by atoms with Crippen LogP contribution in [0.5, 0.6) is 5.75 Å². The Bertz CT molecular complexity index is 631. The molecule has 6 nitrogen and oxygen atoms in total. The van der Waals surface area contributed by atoms with E-state index in [4.69, 9.17) is 14.0 Å². The Kier molecular flexibility index (Phi) is 2.85. The Morgan fingerprint density at radius 1 is 1.53 bits per heavy atom. The molecule has 0 aromatic carbocycles. The summed E-state index contributed by atoms with van der Waals surface area (Å²) in [5.41, 5.74) is 1.92. The Morgan fingerprint density at radius 3 is 3.00 bits per heavy atom. The van der Waals surface area contributed by atoms with Gasteiger partial charge in [0.15, 0.2) is 5.75 Å². The van der Waals surface area contributed by atoms with Crippen molar-refractivity contribution in [1.29, 1.82) is 0 Å². The fourth-order valence-corrected chi connectivity index (χ4v) is 1.98. The quantitative estimate of drug-likeness (QED) is 0.792. The molecule has 0 amide bonds. The summed E-state index contributed by atoms with van der Waals surface area (Å²) in [6, 6.07) is 1.78. The number of hydrogen-bond acceptors (Lipinski definition) is 6. The second-order valence-corrected chi connectivity index (χ2v) is 4.55. The standard InChI is InChI=1S/C13H14N2O4/c1-3-17-13(16)18-10-6-9(8-4-5-8)14-12-11(10)7(2)15-19-12/h6,8H,3-5H2,1-2H3. The molecule has 0 radical (unpaired) electrons. The first-order valence-electron chi connectivity index (χ1n) is 6.30. The third kappa shape index (κ3) is 2.25. The van der Waals surface area contributed by atoms with Crippen molar-refractivity contribution in [2.24, 2.45) is 0 Å². The number of aryl methyl sites for hydroxylation is 1. The molecule has 0 bridgehead atoms. The van der Waals surface area contributed by atoms with Crippen LogP contribution in [0.2, 0.25) is 0 Å². The summed E-state index contributed by atoms with van der Waals surface area (Å²) >= 11 is 0. The molecule has 1 aliphatic rings. The number of ether oxygens (including phenoxy) is 2. The van der Waals surface area contributed by atoms with Crippen LogP contribution in [0.25, 0.3) is 11.1 Å². The average Bonchev–Trinajstić information content (AvgIpc) is 3.15. The van der Waals surface area contributed by atoms with Crippen molar-refractivity contribution in [2.75, 3.05) is 6.61 Å². The molecule has 19 heavy (non-hydrogen) atoms. The van der Waals surface area contributed by atoms with Gasteiger partial charge in [-0.15, -0.1) is 0 Å². The largest absolute Gasteiger partial charge is 0.513 e. The van der Waals surface area contributed by atoms with Gasteiger partial charge >= 0.3 is 6.16 Å². The van der Waals surface area contributed by atoms with Crippen molar-refractivity contribution in [1.82, 2.24) is 10.1 Å². The lowest BCUT2D eigenvalue weighted by Crippen LogP contribution is -2.10. The molecule has 0 aliphatic heterocycles. The minimum absolute atomic E-state index is 0.269. The lowest BCUT2D eigenvalue weighted by atomic mass is 10.2. The smallest absolute Gasteiger partial charge is 0.434 e. The van der Waals surface area contributed by atoms with Crippen molar-refractivity contribution >= 4 is 17.3 Å². The number of carbonyl (C=O) groups excluding carboxylic acids is 1. The van der Waals surface area contributed by atoms with Gasteiger partial charge in [-0.2, -0.15) is 0 Å². The van der Waals surface area contributed by atoms with Gasteiger partial charge < -0.3 is 14.0 Å². The summed E-state index contributed by atoms with van der Waals surface area (Å²) in [6.07, 6.45) is 1.48. The first-order valence-corrected chi connectivity index (χ1v) is 6.30. The second kappa shape index (κ2) is 4.53. The highest BCUT2D eigenvalue weighted by atomic mass is 16.7. The molecule has 1 saturated carbocycles. The minimum atomic E-state index is -0.725. The van der Waals surface area contributed by atoms with Crippen molar-refractivity contribution in [3.8, 4) is 5.75 Å². The summed E-state index contributed by atoms with van der Waals surface area (Å²) in [4.78, 5) is 15.9. The molecular formula is C13H14N2O4. The molecule has 6 heteroatoms. The molecule has 0 spiro atoms. The van der Waals surface area contributed by atoms with Crippen molar-refractivity contribution in [2.45, 2.75) is 32.6 Å². The zero-order valence-corrected chi connectivity index (χ0v) is 10.8. The van der Waals surface area contributed by atoms with Crippen LogP contribution in [0.4, 0.5) is 4.79 Å². The molecule has 0 N–H and O–H groups in total. The van der Waals surface area contributed by atoms with E-state index in [0.717, 1.165) is 18.5 Å². The molecule has 3 rings (SSSR count). The number of hydrogen-bond donors (Lipinski definition) is 0. The highest BCUT2D eigenvalue weighted by molar-refractivity contribution is 5.85. The van der Waals surface area contributed by atoms with Crippen LogP contribution >= 0.6 is 0 Å². The van der Waals surface area contributed by atoms with Gasteiger partial charge in [0.05, 0.1) is 18.0 Å². The molecular weight excluding hydrogens is 248 g/mol. The van der Waals surface area contributed by atoms with Crippen LogP contribution in [0.3, 0.4) is 0 Å². The van der Waals surface area contributed by atoms with E-state index in [-0.39, 0.29) is 6.61 Å². The van der Waals surface area contributed by atoms with Gasteiger partial charge in [-0.25, -0.2) is 9.78 Å². The van der Waals surface area contributed by atoms with Crippen LogP contribution < -0.4 is 4.74 Å². The molecule has 1 aliphatic carbocycles. The molecule has 0 unspecified atom stereocenters. The lowest BCUT2D eigenvalue weighted by Gasteiger charge is -2.06. The normalized spacial score (nSPS) is 14.6. The van der Waals surface area contributed by atoms with Gasteiger partial charge in [-0.1, -0.05) is 5.16 Å². The van der Waals surface area contributed by atoms with E-state index >= 15 is 0 Å². The predicted octanol–water partition coefficient (Wildman–Crippen LogP) is 2.94. The molecule has 2 aromatic heterocycles. The average molecular weight is 262 g/mol. The Morgan fingerprint density at radius 2 is 2.32 bits per heavy atom. The molecule has 100 valence electrons. The number of aromatic nitrogens is 2. The summed E-state index contributed by atoms with van der Waals surface area (Å²) in [5.74, 6) is 0.837. The van der Waals surface area contributed by atoms with Crippen molar-refractivity contribution in [3.05, 3.63) is 17.5 Å². The van der Waals surface area contributed by atoms with Crippen molar-refractivity contribution < 1.29 is 18.8 Å². The third-order valence-electron chi connectivity index (χ3n) is 3.05. The van der Waals surface area contributed by atoms with Crippen molar-refractivity contribution in [3.63, 3.8) is 0 Å². The number of fused-ring (bicyclic) bond motifs is 1. The first-order chi connectivity index (χ1) is 9.19. The number of nitrogens with zero attached hydrogens (tertiary/aromatic N) is 2. The topological polar surface area (TPSA) is 74.5 Å². The maximum atomic E-state index is 11.5. The fourth-order valence-electron chi connectivity index (χ4n) is 1.98. The maximum Gasteiger partial charge on any atom is 0.513 e. The van der Waals surface area contributed by atoms with E-state index in [0.29, 0.717) is 28.5 Å². The van der Waals surface area contributed by atoms with E-state index in [1.165, 1.54) is 0 Å². The second-order valence-electron chi connectivity index (χ2n) is 4.55. The first kappa shape index (κ1) is 12.0. The van der Waals surface area contributed by atoms with E-state index in [1.807, 2.05) is 0 Å². The zero-order valence-electron chi connectivity index (χ0n) is 10.8. The third-order valence-corrected chi connectivity index (χ3v) is 3.05. The zero-order chi connectivity index (χ0) is 13.4. The van der Waals surface area contributed by atoms with Gasteiger partial charge in [0.25, 0.3) is 5.71 Å². The van der Waals surface area contributed by atoms with Crippen LogP contribution in [0.1, 0.15) is 37.1 Å². The van der Waals surface area contributed by atoms with Crippen LogP contribution in [-0.4, -0.2) is 22.9 Å². The monoisotopic (exact) mass is 262 g/mol. The summed E-state index contributed by atoms with van der Waals surface area (Å²) in [7, 11) is 0. The van der Waals surface area contributed by atoms with E-state index in [9.17, 15) is 4.79 Å². The Labute approximate surface area is 109 Å². The van der Waals surface area contributed by atoms with E-state index in [2.05, 4.69) is 10.1 Å². The van der Waals surface area contributed by atoms with Gasteiger partial charge in [-0.05, 0) is 26.7 Å². The molecule has 2 aromatic rings. The van der Waals surface area contributed by atoms with Gasteiger partial charge in [0.2, 0.25) is 0 Å². The molecule has 0 atom stereocenters. The molecule has 2 heterocycles. The van der Waals surface area contributed by atoms with E-state index in [1.54, 1.807) is 19.9 Å². The fraction of sp³-hybridized carbons (Fsp3) is 0.462. The van der Waals surface area contributed by atoms with E-state index < -0.39 is 6.16 Å². The predicted molar refractivity (Wildman–Crippen MR) is 66.2 cm³/mol. The number of carbonyl (C=O) groups is 1. The van der Waals surface area contributed by atoms with Crippen LogP contribution in [0.15, 0.2) is 10.6 Å².